The number of hydrogen-bond donors (Lipinski definition) is 0. The van der Waals surface area contributed by atoms with E-state index in [9.17, 15) is 0 Å². The first kappa shape index (κ1) is 23.2. The van der Waals surface area contributed by atoms with E-state index in [1.165, 1.54) is 69.0 Å². The van der Waals surface area contributed by atoms with Gasteiger partial charge in [-0.25, -0.2) is 0 Å². The largest absolute Gasteiger partial charge is 0.261 e. The predicted octanol–water partition coefficient (Wildman–Crippen LogP) is 7.87. The molecule has 0 aliphatic carbocycles. The van der Waals surface area contributed by atoms with Crippen molar-refractivity contribution >= 4 is 0 Å². The fourth-order valence-electron chi connectivity index (χ4n) is 3.98. The maximum atomic E-state index is 4.71. The smallest absolute Gasteiger partial charge is 0.0403 e. The van der Waals surface area contributed by atoms with Gasteiger partial charge in [0.15, 0.2) is 0 Å². The van der Waals surface area contributed by atoms with Crippen molar-refractivity contribution in [3.8, 4) is 0 Å². The molecule has 0 amide bonds. The molecule has 1 aromatic heterocycles. The Balaban J connectivity index is 2.22. The molecule has 0 aliphatic heterocycles. The van der Waals surface area contributed by atoms with Gasteiger partial charge < -0.3 is 0 Å². The number of nitrogens with zero attached hydrogens (tertiary/aromatic N) is 1. The maximum Gasteiger partial charge on any atom is 0.0403 e. The van der Waals surface area contributed by atoms with Gasteiger partial charge in [0.1, 0.15) is 0 Å². The lowest BCUT2D eigenvalue weighted by molar-refractivity contribution is 0.379. The van der Waals surface area contributed by atoms with Crippen LogP contribution in [-0.2, 0) is 12.8 Å². The summed E-state index contributed by atoms with van der Waals surface area (Å²) in [5.41, 5.74) is 2.68. The SMILES string of the molecule is CC[C@H](C)C[C@H](C)CCCc1ccc(CCC[C@@H](C)C[C@@H](C)CC)nc1. The highest BCUT2D eigenvalue weighted by molar-refractivity contribution is 5.14. The van der Waals surface area contributed by atoms with Crippen LogP contribution in [0.15, 0.2) is 18.3 Å². The van der Waals surface area contributed by atoms with Crippen molar-refractivity contribution in [3.63, 3.8) is 0 Å². The van der Waals surface area contributed by atoms with E-state index in [4.69, 9.17) is 4.98 Å². The molecule has 1 nitrogen and oxygen atoms in total. The molecule has 0 saturated heterocycles. The molecule has 1 rings (SSSR count). The second kappa shape index (κ2) is 13.3. The Morgan fingerprint density at radius 3 is 1.73 bits per heavy atom. The minimum Gasteiger partial charge on any atom is -0.261 e. The normalized spacial score (nSPS) is 16.2. The van der Waals surface area contributed by atoms with Gasteiger partial charge in [0.2, 0.25) is 0 Å². The third-order valence-electron chi connectivity index (χ3n) is 6.18. The zero-order chi connectivity index (χ0) is 19.4. The molecule has 0 bridgehead atoms. The molecule has 0 radical (unpaired) electrons. The number of hydrogen-bond acceptors (Lipinski definition) is 1. The molecule has 0 unspecified atom stereocenters. The monoisotopic (exact) mass is 359 g/mol. The topological polar surface area (TPSA) is 12.9 Å². The van der Waals surface area contributed by atoms with E-state index in [0.717, 1.165) is 30.1 Å². The highest BCUT2D eigenvalue weighted by Gasteiger charge is 2.08. The summed E-state index contributed by atoms with van der Waals surface area (Å²) in [5, 5.41) is 0. The van der Waals surface area contributed by atoms with Gasteiger partial charge >= 0.3 is 0 Å². The molecule has 0 aromatic carbocycles. The van der Waals surface area contributed by atoms with Crippen LogP contribution in [0.3, 0.4) is 0 Å². The van der Waals surface area contributed by atoms with E-state index in [0.29, 0.717) is 0 Å². The molecule has 0 fully saturated rings. The summed E-state index contributed by atoms with van der Waals surface area (Å²) in [7, 11) is 0. The molecular weight excluding hydrogens is 314 g/mol. The first-order chi connectivity index (χ1) is 12.4. The van der Waals surface area contributed by atoms with Gasteiger partial charge in [-0.15, -0.1) is 0 Å². The van der Waals surface area contributed by atoms with Crippen LogP contribution in [0.25, 0.3) is 0 Å². The van der Waals surface area contributed by atoms with E-state index >= 15 is 0 Å². The zero-order valence-corrected chi connectivity index (χ0v) is 18.6. The summed E-state index contributed by atoms with van der Waals surface area (Å²) in [6, 6.07) is 4.57. The van der Waals surface area contributed by atoms with Gasteiger partial charge in [-0.2, -0.15) is 0 Å². The quantitative estimate of drug-likeness (QED) is 0.329. The van der Waals surface area contributed by atoms with Gasteiger partial charge in [0.25, 0.3) is 0 Å². The van der Waals surface area contributed by atoms with Crippen molar-refractivity contribution in [2.24, 2.45) is 23.7 Å². The standard InChI is InChI=1S/C25H45N/c1-7-20(3)17-22(5)11-9-13-24-15-16-25(26-19-24)14-10-12-23(6)18-21(4)8-2/h15-16,19-23H,7-14,17-18H2,1-6H3/t20-,21-,22+,23+/m0/s1. The van der Waals surface area contributed by atoms with Crippen LogP contribution in [-0.4, -0.2) is 4.98 Å². The summed E-state index contributed by atoms with van der Waals surface area (Å²) in [5.74, 6) is 3.45. The lowest BCUT2D eigenvalue weighted by Crippen LogP contribution is -2.03. The summed E-state index contributed by atoms with van der Waals surface area (Å²) >= 11 is 0. The van der Waals surface area contributed by atoms with Crippen LogP contribution in [0.1, 0.15) is 104 Å². The molecule has 1 heterocycles. The third-order valence-corrected chi connectivity index (χ3v) is 6.18. The van der Waals surface area contributed by atoms with E-state index < -0.39 is 0 Å². The fourth-order valence-corrected chi connectivity index (χ4v) is 3.98. The number of pyridine rings is 1. The van der Waals surface area contributed by atoms with Gasteiger partial charge in [-0.1, -0.05) is 73.3 Å². The first-order valence-corrected chi connectivity index (χ1v) is 11.4. The predicted molar refractivity (Wildman–Crippen MR) is 117 cm³/mol. The molecular formula is C25H45N. The van der Waals surface area contributed by atoms with Crippen LogP contribution in [0.5, 0.6) is 0 Å². The van der Waals surface area contributed by atoms with Crippen molar-refractivity contribution in [3.05, 3.63) is 29.6 Å². The summed E-state index contributed by atoms with van der Waals surface area (Å²) < 4.78 is 0. The van der Waals surface area contributed by atoms with Crippen molar-refractivity contribution < 1.29 is 0 Å². The Morgan fingerprint density at radius 1 is 0.731 bits per heavy atom. The Bertz CT molecular complexity index is 407. The van der Waals surface area contributed by atoms with Gasteiger partial charge in [-0.05, 0) is 73.8 Å². The van der Waals surface area contributed by atoms with Crippen LogP contribution in [0.2, 0.25) is 0 Å². The molecule has 0 saturated carbocycles. The molecule has 150 valence electrons. The maximum absolute atomic E-state index is 4.71. The lowest BCUT2D eigenvalue weighted by Gasteiger charge is -2.16. The van der Waals surface area contributed by atoms with Crippen molar-refractivity contribution in [1.29, 1.82) is 0 Å². The van der Waals surface area contributed by atoms with Gasteiger partial charge in [0, 0.05) is 11.9 Å². The Labute approximate surface area is 164 Å². The van der Waals surface area contributed by atoms with Gasteiger partial charge in [0.05, 0.1) is 0 Å². The van der Waals surface area contributed by atoms with Gasteiger partial charge in [-0.3, -0.25) is 4.98 Å². The molecule has 4 atom stereocenters. The van der Waals surface area contributed by atoms with E-state index in [2.05, 4.69) is 59.9 Å². The molecule has 0 spiro atoms. The molecule has 1 aromatic rings. The van der Waals surface area contributed by atoms with Crippen LogP contribution >= 0.6 is 0 Å². The minimum atomic E-state index is 0.849. The molecule has 0 aliphatic rings. The Morgan fingerprint density at radius 2 is 1.27 bits per heavy atom. The Kier molecular flexibility index (Phi) is 11.9. The first-order valence-electron chi connectivity index (χ1n) is 11.4. The summed E-state index contributed by atoms with van der Waals surface area (Å²) in [6.45, 7) is 14.2. The number of aryl methyl sites for hydroxylation is 2. The highest BCUT2D eigenvalue weighted by atomic mass is 14.7. The van der Waals surface area contributed by atoms with E-state index in [1.54, 1.807) is 0 Å². The van der Waals surface area contributed by atoms with Crippen molar-refractivity contribution in [1.82, 2.24) is 4.98 Å². The fraction of sp³-hybridized carbons (Fsp3) is 0.800. The van der Waals surface area contributed by atoms with Crippen LogP contribution in [0.4, 0.5) is 0 Å². The highest BCUT2D eigenvalue weighted by Crippen LogP contribution is 2.21. The lowest BCUT2D eigenvalue weighted by atomic mass is 9.91. The average molecular weight is 360 g/mol. The Hall–Kier alpha value is -0.850. The van der Waals surface area contributed by atoms with Crippen molar-refractivity contribution in [2.45, 2.75) is 106 Å². The molecule has 0 N–H and O–H groups in total. The second-order valence-electron chi connectivity index (χ2n) is 9.15. The van der Waals surface area contributed by atoms with Crippen LogP contribution in [0, 0.1) is 23.7 Å². The number of aromatic nitrogens is 1. The third kappa shape index (κ3) is 10.3. The van der Waals surface area contributed by atoms with Crippen LogP contribution < -0.4 is 0 Å². The number of rotatable bonds is 14. The summed E-state index contributed by atoms with van der Waals surface area (Å²) in [4.78, 5) is 4.71. The molecule has 1 heteroatoms. The second-order valence-corrected chi connectivity index (χ2v) is 9.15. The average Bonchev–Trinajstić information content (AvgIpc) is 2.62. The molecule has 26 heavy (non-hydrogen) atoms. The zero-order valence-electron chi connectivity index (χ0n) is 18.6. The van der Waals surface area contributed by atoms with Crippen molar-refractivity contribution in [2.75, 3.05) is 0 Å². The summed E-state index contributed by atoms with van der Waals surface area (Å²) in [6.07, 6.45) is 15.1. The van der Waals surface area contributed by atoms with E-state index in [-0.39, 0.29) is 0 Å². The minimum absolute atomic E-state index is 0.849. The van der Waals surface area contributed by atoms with E-state index in [1.807, 2.05) is 0 Å².